The van der Waals surface area contributed by atoms with Crippen LogP contribution in [0, 0.1) is 30.1 Å². The molecule has 0 aromatic heterocycles. The van der Waals surface area contributed by atoms with E-state index in [0.717, 1.165) is 25.0 Å². The van der Waals surface area contributed by atoms with Crippen LogP contribution in [0.4, 0.5) is 0 Å². The van der Waals surface area contributed by atoms with Gasteiger partial charge < -0.3 is 9.64 Å². The van der Waals surface area contributed by atoms with Crippen LogP contribution in [0.5, 0.6) is 0 Å². The largest absolute Gasteiger partial charge is 0.383 e. The van der Waals surface area contributed by atoms with E-state index in [0.29, 0.717) is 5.92 Å². The summed E-state index contributed by atoms with van der Waals surface area (Å²) in [6.45, 7) is 4.31. The van der Waals surface area contributed by atoms with Gasteiger partial charge in [-0.25, -0.2) is 0 Å². The highest BCUT2D eigenvalue weighted by atomic mass is 16.5. The number of methoxy groups -OCH3 is 1. The molecule has 1 aliphatic carbocycles. The first-order chi connectivity index (χ1) is 5.86. The van der Waals surface area contributed by atoms with Crippen LogP contribution in [0.1, 0.15) is 0 Å². The molecule has 0 amide bonds. The monoisotopic (exact) mass is 165 g/mol. The molecule has 2 aliphatic rings. The molecule has 0 spiro atoms. The smallest absolute Gasteiger partial charge is 0.0589 e. The standard InChI is InChI=1S/C10H15NO/c1-3-8-9-6-11(4-5-12-2)7-10(8)9/h1,8-10H,4-7H2,2H3. The van der Waals surface area contributed by atoms with Crippen molar-refractivity contribution in [3.8, 4) is 12.3 Å². The first kappa shape index (κ1) is 8.10. The van der Waals surface area contributed by atoms with E-state index in [1.807, 2.05) is 0 Å². The number of hydrogen-bond donors (Lipinski definition) is 0. The first-order valence-corrected chi connectivity index (χ1v) is 4.54. The van der Waals surface area contributed by atoms with E-state index in [2.05, 4.69) is 10.8 Å². The Labute approximate surface area is 73.9 Å². The van der Waals surface area contributed by atoms with Crippen LogP contribution >= 0.6 is 0 Å². The number of ether oxygens (including phenoxy) is 1. The maximum Gasteiger partial charge on any atom is 0.0589 e. The van der Waals surface area contributed by atoms with E-state index in [1.165, 1.54) is 13.1 Å². The molecule has 2 nitrogen and oxygen atoms in total. The molecule has 66 valence electrons. The summed E-state index contributed by atoms with van der Waals surface area (Å²) in [4.78, 5) is 2.45. The molecule has 0 bridgehead atoms. The van der Waals surface area contributed by atoms with E-state index < -0.39 is 0 Å². The topological polar surface area (TPSA) is 12.5 Å². The summed E-state index contributed by atoms with van der Waals surface area (Å²) in [5.41, 5.74) is 0. The molecule has 0 aromatic carbocycles. The normalized spacial score (nSPS) is 39.2. The highest BCUT2D eigenvalue weighted by molar-refractivity contribution is 5.17. The molecule has 1 aliphatic heterocycles. The molecular formula is C10H15NO. The van der Waals surface area contributed by atoms with Crippen molar-refractivity contribution in [3.05, 3.63) is 0 Å². The van der Waals surface area contributed by atoms with Gasteiger partial charge in [-0.05, 0) is 11.8 Å². The number of likely N-dealkylation sites (tertiary alicyclic amines) is 1. The Morgan fingerprint density at radius 3 is 2.67 bits per heavy atom. The average molecular weight is 165 g/mol. The van der Waals surface area contributed by atoms with Gasteiger partial charge in [0.15, 0.2) is 0 Å². The van der Waals surface area contributed by atoms with E-state index in [-0.39, 0.29) is 0 Å². The highest BCUT2D eigenvalue weighted by Crippen LogP contribution is 2.50. The maximum absolute atomic E-state index is 5.38. The number of hydrogen-bond acceptors (Lipinski definition) is 2. The second-order valence-electron chi connectivity index (χ2n) is 3.77. The molecule has 2 fully saturated rings. The summed E-state index contributed by atoms with van der Waals surface area (Å²) >= 11 is 0. The Kier molecular flexibility index (Phi) is 2.08. The SMILES string of the molecule is C#CC1C2CN(CCOC)CC12. The molecular weight excluding hydrogens is 150 g/mol. The van der Waals surface area contributed by atoms with Crippen molar-refractivity contribution in [2.45, 2.75) is 0 Å². The lowest BCUT2D eigenvalue weighted by molar-refractivity contribution is 0.153. The van der Waals surface area contributed by atoms with Crippen molar-refractivity contribution in [2.75, 3.05) is 33.4 Å². The lowest BCUT2D eigenvalue weighted by atomic mass is 10.3. The van der Waals surface area contributed by atoms with Gasteiger partial charge in [-0.15, -0.1) is 12.3 Å². The fourth-order valence-corrected chi connectivity index (χ4v) is 2.26. The van der Waals surface area contributed by atoms with Gasteiger partial charge in [0.1, 0.15) is 0 Å². The Bertz CT molecular complexity index is 196. The predicted octanol–water partition coefficient (Wildman–Crippen LogP) is 0.444. The zero-order valence-corrected chi connectivity index (χ0v) is 7.49. The Balaban J connectivity index is 1.72. The predicted molar refractivity (Wildman–Crippen MR) is 47.6 cm³/mol. The minimum Gasteiger partial charge on any atom is -0.383 e. The maximum atomic E-state index is 5.38. The van der Waals surface area contributed by atoms with Crippen LogP contribution in [0.2, 0.25) is 0 Å². The second kappa shape index (κ2) is 3.08. The molecule has 0 radical (unpaired) electrons. The van der Waals surface area contributed by atoms with Crippen molar-refractivity contribution >= 4 is 0 Å². The van der Waals surface area contributed by atoms with Gasteiger partial charge >= 0.3 is 0 Å². The van der Waals surface area contributed by atoms with Gasteiger partial charge in [0.05, 0.1) is 6.61 Å². The molecule has 1 saturated heterocycles. The Morgan fingerprint density at radius 2 is 2.17 bits per heavy atom. The van der Waals surface area contributed by atoms with E-state index >= 15 is 0 Å². The summed E-state index contributed by atoms with van der Waals surface area (Å²) in [6, 6.07) is 0. The summed E-state index contributed by atoms with van der Waals surface area (Å²) in [5, 5.41) is 0. The third-order valence-electron chi connectivity index (χ3n) is 3.07. The van der Waals surface area contributed by atoms with E-state index in [1.54, 1.807) is 7.11 Å². The zero-order chi connectivity index (χ0) is 8.55. The van der Waals surface area contributed by atoms with Gasteiger partial charge in [0, 0.05) is 32.7 Å². The van der Waals surface area contributed by atoms with Crippen LogP contribution in [-0.4, -0.2) is 38.3 Å². The minimum absolute atomic E-state index is 0.601. The van der Waals surface area contributed by atoms with Gasteiger partial charge in [0.2, 0.25) is 0 Å². The van der Waals surface area contributed by atoms with Crippen LogP contribution < -0.4 is 0 Å². The Hall–Kier alpha value is -0.520. The van der Waals surface area contributed by atoms with Gasteiger partial charge in [-0.1, -0.05) is 0 Å². The quantitative estimate of drug-likeness (QED) is 0.563. The number of rotatable bonds is 3. The van der Waals surface area contributed by atoms with Crippen LogP contribution in [-0.2, 0) is 4.74 Å². The highest BCUT2D eigenvalue weighted by Gasteiger charge is 2.54. The van der Waals surface area contributed by atoms with Crippen molar-refractivity contribution in [1.29, 1.82) is 0 Å². The van der Waals surface area contributed by atoms with Crippen molar-refractivity contribution < 1.29 is 4.74 Å². The van der Waals surface area contributed by atoms with Crippen LogP contribution in [0.25, 0.3) is 0 Å². The van der Waals surface area contributed by atoms with E-state index in [4.69, 9.17) is 11.2 Å². The number of piperidine rings is 1. The summed E-state index contributed by atoms with van der Waals surface area (Å²) in [7, 11) is 1.75. The molecule has 2 atom stereocenters. The zero-order valence-electron chi connectivity index (χ0n) is 7.49. The lowest BCUT2D eigenvalue weighted by Crippen LogP contribution is -2.27. The van der Waals surface area contributed by atoms with Gasteiger partial charge in [0.25, 0.3) is 0 Å². The van der Waals surface area contributed by atoms with Crippen LogP contribution in [0.3, 0.4) is 0 Å². The number of fused-ring (bicyclic) bond motifs is 1. The van der Waals surface area contributed by atoms with Crippen molar-refractivity contribution in [1.82, 2.24) is 4.90 Å². The number of nitrogens with zero attached hydrogens (tertiary/aromatic N) is 1. The fourth-order valence-electron chi connectivity index (χ4n) is 2.26. The minimum atomic E-state index is 0.601. The third kappa shape index (κ3) is 1.24. The Morgan fingerprint density at radius 1 is 1.50 bits per heavy atom. The summed E-state index contributed by atoms with van der Waals surface area (Å²) < 4.78 is 5.03. The van der Waals surface area contributed by atoms with Crippen molar-refractivity contribution in [2.24, 2.45) is 17.8 Å². The second-order valence-corrected chi connectivity index (χ2v) is 3.77. The van der Waals surface area contributed by atoms with Gasteiger partial charge in [-0.2, -0.15) is 0 Å². The molecule has 0 N–H and O–H groups in total. The first-order valence-electron chi connectivity index (χ1n) is 4.54. The third-order valence-corrected chi connectivity index (χ3v) is 3.07. The molecule has 2 unspecified atom stereocenters. The van der Waals surface area contributed by atoms with Crippen LogP contribution in [0.15, 0.2) is 0 Å². The van der Waals surface area contributed by atoms with E-state index in [9.17, 15) is 0 Å². The number of terminal acetylenes is 1. The summed E-state index contributed by atoms with van der Waals surface area (Å²) in [6.07, 6.45) is 5.38. The fraction of sp³-hybridized carbons (Fsp3) is 0.800. The molecule has 0 aromatic rings. The molecule has 2 rings (SSSR count). The molecule has 1 saturated carbocycles. The van der Waals surface area contributed by atoms with Crippen molar-refractivity contribution in [3.63, 3.8) is 0 Å². The summed E-state index contributed by atoms with van der Waals surface area (Å²) in [5.74, 6) is 5.08. The average Bonchev–Trinajstić information content (AvgIpc) is 2.56. The molecule has 12 heavy (non-hydrogen) atoms. The lowest BCUT2D eigenvalue weighted by Gasteiger charge is -2.17. The molecule has 1 heterocycles. The molecule has 2 heteroatoms. The van der Waals surface area contributed by atoms with Gasteiger partial charge in [-0.3, -0.25) is 0 Å².